The predicted molar refractivity (Wildman–Crippen MR) is 101 cm³/mol. The number of para-hydroxylation sites is 1. The highest BCUT2D eigenvalue weighted by atomic mass is 35.5. The summed E-state index contributed by atoms with van der Waals surface area (Å²) in [6.45, 7) is 1.01. The van der Waals surface area contributed by atoms with Gasteiger partial charge < -0.3 is 19.4 Å². The van der Waals surface area contributed by atoms with E-state index in [4.69, 9.17) is 20.8 Å². The lowest BCUT2D eigenvalue weighted by Gasteiger charge is -2.20. The topological polar surface area (TPSA) is 71.8 Å². The minimum absolute atomic E-state index is 0.0356. The molecule has 0 radical (unpaired) electrons. The van der Waals surface area contributed by atoms with Gasteiger partial charge in [0.2, 0.25) is 0 Å². The van der Waals surface area contributed by atoms with Crippen LogP contribution >= 0.6 is 11.6 Å². The van der Waals surface area contributed by atoms with Crippen LogP contribution in [0.1, 0.15) is 16.1 Å². The maximum atomic E-state index is 12.3. The fourth-order valence-corrected chi connectivity index (χ4v) is 3.22. The van der Waals surface area contributed by atoms with E-state index < -0.39 is 0 Å². The largest absolute Gasteiger partial charge is 0.483 e. The summed E-state index contributed by atoms with van der Waals surface area (Å²) < 4.78 is 11.1. The monoisotopic (exact) mass is 384 g/mol. The number of fused-ring (bicyclic) bond motifs is 2. The lowest BCUT2D eigenvalue weighted by molar-refractivity contribution is -0.133. The maximum Gasteiger partial charge on any atom is 0.287 e. The van der Waals surface area contributed by atoms with Gasteiger partial charge in [-0.2, -0.15) is 0 Å². The fraction of sp³-hybridized carbons (Fsp3) is 0.200. The summed E-state index contributed by atoms with van der Waals surface area (Å²) in [6.07, 6.45) is 0. The summed E-state index contributed by atoms with van der Waals surface area (Å²) >= 11 is 6.03. The molecule has 2 heterocycles. The first-order chi connectivity index (χ1) is 13.1. The van der Waals surface area contributed by atoms with Crippen molar-refractivity contribution in [1.29, 1.82) is 0 Å². The summed E-state index contributed by atoms with van der Waals surface area (Å²) in [4.78, 5) is 26.2. The number of nitrogens with zero attached hydrogens (tertiary/aromatic N) is 1. The van der Waals surface area contributed by atoms with Gasteiger partial charge in [-0.1, -0.05) is 29.8 Å². The van der Waals surface area contributed by atoms with Gasteiger partial charge in [-0.25, -0.2) is 0 Å². The third-order valence-corrected chi connectivity index (χ3v) is 4.64. The third kappa shape index (κ3) is 3.75. The number of halogens is 1. The number of ether oxygens (including phenoxy) is 1. The molecule has 1 aliphatic rings. The Morgan fingerprint density at radius 1 is 1.19 bits per heavy atom. The summed E-state index contributed by atoms with van der Waals surface area (Å²) in [5.41, 5.74) is 1.51. The molecule has 138 valence electrons. The van der Waals surface area contributed by atoms with Crippen molar-refractivity contribution in [3.63, 3.8) is 0 Å². The second-order valence-corrected chi connectivity index (χ2v) is 6.70. The zero-order chi connectivity index (χ0) is 18.8. The molecule has 0 aliphatic carbocycles. The van der Waals surface area contributed by atoms with Crippen LogP contribution in [0.2, 0.25) is 5.02 Å². The molecule has 0 fully saturated rings. The molecule has 1 N–H and O–H groups in total. The first-order valence-corrected chi connectivity index (χ1v) is 8.94. The van der Waals surface area contributed by atoms with Crippen molar-refractivity contribution in [3.05, 3.63) is 64.9 Å². The summed E-state index contributed by atoms with van der Waals surface area (Å²) in [5.74, 6) is 0.453. The first-order valence-electron chi connectivity index (χ1n) is 8.56. The van der Waals surface area contributed by atoms with E-state index in [9.17, 15) is 9.59 Å². The standard InChI is InChI=1S/C20H17ClN2O4/c21-15-5-6-16-14(9-15)11-23(19(24)12-26-16)8-7-22-20(25)18-10-13-3-1-2-4-17(13)27-18/h1-6,9-10H,7-8,11-12H2,(H,22,25). The zero-order valence-electron chi connectivity index (χ0n) is 14.4. The molecule has 2 aromatic carbocycles. The van der Waals surface area contributed by atoms with Crippen molar-refractivity contribution in [1.82, 2.24) is 10.2 Å². The van der Waals surface area contributed by atoms with Crippen LogP contribution in [0.25, 0.3) is 11.0 Å². The Bertz CT molecular complexity index is 981. The molecule has 7 heteroatoms. The maximum absolute atomic E-state index is 12.3. The van der Waals surface area contributed by atoms with Crippen LogP contribution in [0.3, 0.4) is 0 Å². The van der Waals surface area contributed by atoms with E-state index in [1.165, 1.54) is 0 Å². The van der Waals surface area contributed by atoms with Crippen LogP contribution in [0, 0.1) is 0 Å². The Balaban J connectivity index is 1.39. The van der Waals surface area contributed by atoms with Crippen LogP contribution in [0.5, 0.6) is 5.75 Å². The number of hydrogen-bond acceptors (Lipinski definition) is 4. The second kappa shape index (κ2) is 7.32. The van der Waals surface area contributed by atoms with Gasteiger partial charge in [-0.15, -0.1) is 0 Å². The highest BCUT2D eigenvalue weighted by molar-refractivity contribution is 6.30. The SMILES string of the molecule is O=C(NCCN1Cc2cc(Cl)ccc2OCC1=O)c1cc2ccccc2o1. The van der Waals surface area contributed by atoms with Crippen molar-refractivity contribution in [3.8, 4) is 5.75 Å². The quantitative estimate of drug-likeness (QED) is 0.749. The normalized spacial score (nSPS) is 13.8. The molecule has 6 nitrogen and oxygen atoms in total. The number of hydrogen-bond donors (Lipinski definition) is 1. The van der Waals surface area contributed by atoms with E-state index in [2.05, 4.69) is 5.32 Å². The molecule has 4 rings (SSSR count). The molecule has 1 aliphatic heterocycles. The number of nitrogens with one attached hydrogen (secondary N) is 1. The molecule has 1 aromatic heterocycles. The van der Waals surface area contributed by atoms with Crippen molar-refractivity contribution in [2.45, 2.75) is 6.54 Å². The van der Waals surface area contributed by atoms with Gasteiger partial charge in [0.1, 0.15) is 11.3 Å². The van der Waals surface area contributed by atoms with Crippen LogP contribution in [-0.4, -0.2) is 36.4 Å². The number of carbonyl (C=O) groups excluding carboxylic acids is 2. The summed E-state index contributed by atoms with van der Waals surface area (Å²) in [7, 11) is 0. The Labute approximate surface area is 160 Å². The van der Waals surface area contributed by atoms with E-state index in [1.807, 2.05) is 24.3 Å². The molecule has 0 saturated carbocycles. The Morgan fingerprint density at radius 2 is 2.04 bits per heavy atom. The second-order valence-electron chi connectivity index (χ2n) is 6.26. The van der Waals surface area contributed by atoms with Gasteiger partial charge in [0.25, 0.3) is 11.8 Å². The average Bonchev–Trinajstić information content (AvgIpc) is 3.04. The van der Waals surface area contributed by atoms with Crippen LogP contribution in [-0.2, 0) is 11.3 Å². The van der Waals surface area contributed by atoms with Gasteiger partial charge in [0.05, 0.1) is 0 Å². The highest BCUT2D eigenvalue weighted by Gasteiger charge is 2.22. The summed E-state index contributed by atoms with van der Waals surface area (Å²) in [5, 5.41) is 4.25. The van der Waals surface area contributed by atoms with Gasteiger partial charge in [0.15, 0.2) is 12.4 Å². The van der Waals surface area contributed by atoms with Gasteiger partial charge >= 0.3 is 0 Å². The average molecular weight is 385 g/mol. The minimum Gasteiger partial charge on any atom is -0.483 e. The molecular weight excluding hydrogens is 368 g/mol. The Morgan fingerprint density at radius 3 is 2.89 bits per heavy atom. The fourth-order valence-electron chi connectivity index (χ4n) is 3.03. The van der Waals surface area contributed by atoms with Crippen molar-refractivity contribution < 1.29 is 18.7 Å². The minimum atomic E-state index is -0.312. The third-order valence-electron chi connectivity index (χ3n) is 4.40. The van der Waals surface area contributed by atoms with E-state index >= 15 is 0 Å². The highest BCUT2D eigenvalue weighted by Crippen LogP contribution is 2.26. The molecule has 0 bridgehead atoms. The van der Waals surface area contributed by atoms with Crippen LogP contribution in [0.15, 0.2) is 52.9 Å². The van der Waals surface area contributed by atoms with Gasteiger partial charge in [0, 0.05) is 35.6 Å². The van der Waals surface area contributed by atoms with Crippen molar-refractivity contribution in [2.75, 3.05) is 19.7 Å². The Kier molecular flexibility index (Phi) is 4.73. The molecular formula is C20H17ClN2O4. The zero-order valence-corrected chi connectivity index (χ0v) is 15.2. The number of benzene rings is 2. The smallest absolute Gasteiger partial charge is 0.287 e. The van der Waals surface area contributed by atoms with E-state index in [0.29, 0.717) is 36.0 Å². The van der Waals surface area contributed by atoms with E-state index in [-0.39, 0.29) is 24.2 Å². The van der Waals surface area contributed by atoms with Crippen LogP contribution in [0.4, 0.5) is 0 Å². The molecule has 0 atom stereocenters. The Hall–Kier alpha value is -2.99. The van der Waals surface area contributed by atoms with Gasteiger partial charge in [-0.3, -0.25) is 9.59 Å². The molecule has 0 unspecified atom stereocenters. The van der Waals surface area contributed by atoms with E-state index in [0.717, 1.165) is 10.9 Å². The van der Waals surface area contributed by atoms with Crippen molar-refractivity contribution in [2.24, 2.45) is 0 Å². The van der Waals surface area contributed by atoms with Gasteiger partial charge in [-0.05, 0) is 30.3 Å². The van der Waals surface area contributed by atoms with Crippen molar-refractivity contribution >= 4 is 34.4 Å². The first kappa shape index (κ1) is 17.4. The predicted octanol–water partition coefficient (Wildman–Crippen LogP) is 3.24. The molecule has 2 amide bonds. The molecule has 0 saturated heterocycles. The number of carbonyl (C=O) groups is 2. The lowest BCUT2D eigenvalue weighted by atomic mass is 10.2. The number of furan rings is 1. The number of amides is 2. The lowest BCUT2D eigenvalue weighted by Crippen LogP contribution is -2.39. The van der Waals surface area contributed by atoms with Crippen LogP contribution < -0.4 is 10.1 Å². The number of rotatable bonds is 4. The molecule has 0 spiro atoms. The summed E-state index contributed by atoms with van der Waals surface area (Å²) in [6, 6.07) is 14.4. The molecule has 3 aromatic rings. The van der Waals surface area contributed by atoms with E-state index in [1.54, 1.807) is 29.2 Å². The molecule has 27 heavy (non-hydrogen) atoms.